The lowest BCUT2D eigenvalue weighted by atomic mass is 9.69. The Morgan fingerprint density at radius 2 is 1.94 bits per heavy atom. The van der Waals surface area contributed by atoms with E-state index in [9.17, 15) is 10.1 Å². The number of carbonyl (C=O) groups excluding carboxylic acids is 1. The van der Waals surface area contributed by atoms with E-state index in [1.807, 2.05) is 22.4 Å². The van der Waals surface area contributed by atoms with Crippen LogP contribution in [-0.2, 0) is 11.2 Å². The molecule has 0 saturated heterocycles. The molecule has 2 aliphatic rings. The van der Waals surface area contributed by atoms with Crippen molar-refractivity contribution >= 4 is 34.6 Å². The Morgan fingerprint density at radius 3 is 2.56 bits per heavy atom. The topological polar surface area (TPSA) is 70.1 Å². The van der Waals surface area contributed by atoms with Crippen LogP contribution in [0.1, 0.15) is 57.6 Å². The first-order valence-electron chi connectivity index (χ1n) is 11.1. The van der Waals surface area contributed by atoms with Crippen molar-refractivity contribution in [3.05, 3.63) is 69.5 Å². The van der Waals surface area contributed by atoms with Crippen molar-refractivity contribution in [1.29, 1.82) is 5.26 Å². The summed E-state index contributed by atoms with van der Waals surface area (Å²) >= 11 is 3.42. The Hall–Kier alpha value is -2.49. The van der Waals surface area contributed by atoms with Crippen LogP contribution in [0.3, 0.4) is 0 Å². The quantitative estimate of drug-likeness (QED) is 0.522. The maximum atomic E-state index is 13.6. The summed E-state index contributed by atoms with van der Waals surface area (Å²) in [6.07, 6.45) is 2.16. The van der Waals surface area contributed by atoms with Crippen LogP contribution in [0.4, 0.5) is 5.69 Å². The highest BCUT2D eigenvalue weighted by atomic mass is 32.2. The van der Waals surface area contributed by atoms with E-state index < -0.39 is 5.92 Å². The molecule has 4 nitrogen and oxygen atoms in total. The molecule has 1 aliphatic carbocycles. The van der Waals surface area contributed by atoms with E-state index in [4.69, 9.17) is 5.73 Å². The van der Waals surface area contributed by atoms with Gasteiger partial charge >= 0.3 is 0 Å². The number of nitrogens with two attached hydrogens (primary N) is 1. The van der Waals surface area contributed by atoms with Crippen molar-refractivity contribution in [2.75, 3.05) is 10.7 Å². The summed E-state index contributed by atoms with van der Waals surface area (Å²) in [6, 6.07) is 12.7. The minimum absolute atomic E-state index is 0.121. The fourth-order valence-corrected chi connectivity index (χ4v) is 6.83. The number of aryl methyl sites for hydroxylation is 1. The third kappa shape index (κ3) is 3.89. The standard InChI is InChI=1S/C26H29N3OS2/c1-5-16-7-9-17(10-8-16)29-20-13-26(3,4)14-21(30)23(20)22(19(15-27)24(29)28)18-11-12-32-25(18)31-6-2/h7-12,22H,5-6,13-14,28H2,1-4H3. The molecule has 32 heavy (non-hydrogen) atoms. The van der Waals surface area contributed by atoms with Gasteiger partial charge in [0.2, 0.25) is 0 Å². The second kappa shape index (κ2) is 8.80. The molecule has 6 heteroatoms. The number of hydrogen-bond donors (Lipinski definition) is 1. The highest BCUT2D eigenvalue weighted by molar-refractivity contribution is 8.01. The maximum absolute atomic E-state index is 13.6. The van der Waals surface area contributed by atoms with Crippen LogP contribution >= 0.6 is 23.1 Å². The molecule has 1 aromatic heterocycles. The number of anilines is 1. The van der Waals surface area contributed by atoms with Gasteiger partial charge in [-0.2, -0.15) is 5.26 Å². The normalized spacial score (nSPS) is 20.4. The van der Waals surface area contributed by atoms with Gasteiger partial charge in [-0.1, -0.05) is 39.8 Å². The van der Waals surface area contributed by atoms with Gasteiger partial charge in [-0.15, -0.1) is 23.1 Å². The zero-order chi connectivity index (χ0) is 23.0. The largest absolute Gasteiger partial charge is 0.384 e. The molecule has 2 heterocycles. The fourth-order valence-electron chi connectivity index (χ4n) is 4.76. The zero-order valence-electron chi connectivity index (χ0n) is 19.1. The second-order valence-corrected chi connectivity index (χ2v) is 11.5. The Morgan fingerprint density at radius 1 is 1.22 bits per heavy atom. The zero-order valence-corrected chi connectivity index (χ0v) is 20.7. The molecule has 0 bridgehead atoms. The lowest BCUT2D eigenvalue weighted by Crippen LogP contribution is -2.42. The van der Waals surface area contributed by atoms with E-state index in [2.05, 4.69) is 52.0 Å². The van der Waals surface area contributed by atoms with Gasteiger partial charge in [-0.25, -0.2) is 0 Å². The molecule has 0 radical (unpaired) electrons. The van der Waals surface area contributed by atoms with Crippen molar-refractivity contribution in [3.63, 3.8) is 0 Å². The number of carbonyl (C=O) groups is 1. The van der Waals surface area contributed by atoms with Gasteiger partial charge in [-0.3, -0.25) is 9.69 Å². The van der Waals surface area contributed by atoms with Crippen LogP contribution in [0.15, 0.2) is 62.6 Å². The van der Waals surface area contributed by atoms with Crippen molar-refractivity contribution < 1.29 is 4.79 Å². The average Bonchev–Trinajstić information content (AvgIpc) is 3.20. The molecule has 1 atom stereocenters. The number of allylic oxidation sites excluding steroid dienone is 3. The van der Waals surface area contributed by atoms with Crippen LogP contribution < -0.4 is 10.6 Å². The van der Waals surface area contributed by atoms with Crippen LogP contribution in [0.5, 0.6) is 0 Å². The first-order valence-corrected chi connectivity index (χ1v) is 12.9. The van der Waals surface area contributed by atoms with Gasteiger partial charge in [0.1, 0.15) is 5.82 Å². The third-order valence-electron chi connectivity index (χ3n) is 6.23. The molecule has 0 spiro atoms. The van der Waals surface area contributed by atoms with E-state index in [1.165, 1.54) is 5.56 Å². The molecule has 0 fully saturated rings. The van der Waals surface area contributed by atoms with Crippen molar-refractivity contribution in [1.82, 2.24) is 0 Å². The molecule has 0 saturated carbocycles. The number of rotatable bonds is 5. The molecular formula is C26H29N3OS2. The summed E-state index contributed by atoms with van der Waals surface area (Å²) < 4.78 is 1.16. The van der Waals surface area contributed by atoms with Gasteiger partial charge in [0.05, 0.1) is 21.8 Å². The number of ketones is 1. The van der Waals surface area contributed by atoms with Crippen LogP contribution in [-0.4, -0.2) is 11.5 Å². The van der Waals surface area contributed by atoms with Crippen LogP contribution in [0.2, 0.25) is 0 Å². The van der Waals surface area contributed by atoms with E-state index >= 15 is 0 Å². The predicted octanol–water partition coefficient (Wildman–Crippen LogP) is 6.36. The molecule has 2 aromatic rings. The minimum atomic E-state index is -0.398. The Bertz CT molecular complexity index is 1150. The molecule has 0 amide bonds. The number of nitrogens with zero attached hydrogens (tertiary/aromatic N) is 2. The van der Waals surface area contributed by atoms with E-state index in [0.717, 1.165) is 45.3 Å². The Kier molecular flexibility index (Phi) is 6.24. The number of hydrogen-bond acceptors (Lipinski definition) is 6. The van der Waals surface area contributed by atoms with Gasteiger partial charge in [0.25, 0.3) is 0 Å². The van der Waals surface area contributed by atoms with Crippen molar-refractivity contribution in [3.8, 4) is 6.07 Å². The Balaban J connectivity index is 1.96. The highest BCUT2D eigenvalue weighted by Crippen LogP contribution is 2.52. The van der Waals surface area contributed by atoms with E-state index in [-0.39, 0.29) is 11.2 Å². The van der Waals surface area contributed by atoms with Gasteiger partial charge < -0.3 is 5.73 Å². The van der Waals surface area contributed by atoms with E-state index in [1.54, 1.807) is 23.1 Å². The Labute approximate surface area is 198 Å². The van der Waals surface area contributed by atoms with Gasteiger partial charge in [-0.05, 0) is 58.7 Å². The predicted molar refractivity (Wildman–Crippen MR) is 134 cm³/mol. The summed E-state index contributed by atoms with van der Waals surface area (Å²) in [5, 5.41) is 12.3. The molecule has 166 valence electrons. The summed E-state index contributed by atoms with van der Waals surface area (Å²) in [5.41, 5.74) is 11.9. The summed E-state index contributed by atoms with van der Waals surface area (Å²) in [4.78, 5) is 15.6. The number of thioether (sulfide) groups is 1. The average molecular weight is 464 g/mol. The second-order valence-electron chi connectivity index (χ2n) is 9.10. The molecule has 4 rings (SSSR count). The highest BCUT2D eigenvalue weighted by Gasteiger charge is 2.45. The maximum Gasteiger partial charge on any atom is 0.162 e. The third-order valence-corrected chi connectivity index (χ3v) is 8.38. The molecule has 1 unspecified atom stereocenters. The first-order chi connectivity index (χ1) is 15.3. The molecule has 1 aromatic carbocycles. The van der Waals surface area contributed by atoms with Crippen molar-refractivity contribution in [2.24, 2.45) is 11.1 Å². The smallest absolute Gasteiger partial charge is 0.162 e. The van der Waals surface area contributed by atoms with Crippen molar-refractivity contribution in [2.45, 2.75) is 57.1 Å². The number of nitriles is 1. The van der Waals surface area contributed by atoms with E-state index in [0.29, 0.717) is 17.8 Å². The lowest BCUT2D eigenvalue weighted by molar-refractivity contribution is -0.118. The van der Waals surface area contributed by atoms with Gasteiger partial charge in [0, 0.05) is 23.4 Å². The van der Waals surface area contributed by atoms with Crippen LogP contribution in [0, 0.1) is 16.7 Å². The number of benzene rings is 1. The first kappa shape index (κ1) is 22.7. The van der Waals surface area contributed by atoms with Gasteiger partial charge in [0.15, 0.2) is 5.78 Å². The molecule has 1 aliphatic heterocycles. The number of thiophene rings is 1. The lowest BCUT2D eigenvalue weighted by Gasteiger charge is -2.43. The summed E-state index contributed by atoms with van der Waals surface area (Å²) in [6.45, 7) is 8.50. The number of Topliss-reactive ketones (excluding diaryl/α,β-unsaturated/α-hetero) is 1. The monoisotopic (exact) mass is 463 g/mol. The molecule has 2 N–H and O–H groups in total. The minimum Gasteiger partial charge on any atom is -0.384 e. The summed E-state index contributed by atoms with van der Waals surface area (Å²) in [5.74, 6) is 1.09. The summed E-state index contributed by atoms with van der Waals surface area (Å²) in [7, 11) is 0. The fraction of sp³-hybridized carbons (Fsp3) is 0.385. The SMILES string of the molecule is CCSc1sccc1C1C(C#N)=C(N)N(c2ccc(CC)cc2)C2=C1C(=O)CC(C)(C)C2. The van der Waals surface area contributed by atoms with Crippen LogP contribution in [0.25, 0.3) is 0 Å². The molecular weight excluding hydrogens is 434 g/mol.